The summed E-state index contributed by atoms with van der Waals surface area (Å²) in [5, 5.41) is 3.20. The second-order valence-electron chi connectivity index (χ2n) is 4.78. The molecule has 1 amide bonds. The first-order valence-electron chi connectivity index (χ1n) is 6.90. The van der Waals surface area contributed by atoms with Crippen molar-refractivity contribution < 1.29 is 19.1 Å². The number of ether oxygens (including phenoxy) is 2. The lowest BCUT2D eigenvalue weighted by Crippen LogP contribution is -2.30. The first kappa shape index (κ1) is 16.8. The Morgan fingerprint density at radius 2 is 1.91 bits per heavy atom. The molecule has 0 heterocycles. The van der Waals surface area contributed by atoms with Crippen LogP contribution in [0.5, 0.6) is 11.5 Å². The highest BCUT2D eigenvalue weighted by Crippen LogP contribution is 2.28. The van der Waals surface area contributed by atoms with Gasteiger partial charge < -0.3 is 14.8 Å². The van der Waals surface area contributed by atoms with Gasteiger partial charge in [-0.1, -0.05) is 11.6 Å². The van der Waals surface area contributed by atoms with Crippen LogP contribution in [0.25, 0.3) is 0 Å². The van der Waals surface area contributed by atoms with Gasteiger partial charge in [0.05, 0.1) is 12.8 Å². The van der Waals surface area contributed by atoms with Gasteiger partial charge in [-0.2, -0.15) is 0 Å². The fourth-order valence-corrected chi connectivity index (χ4v) is 2.07. The summed E-state index contributed by atoms with van der Waals surface area (Å²) in [6, 6.07) is 11.4. The van der Waals surface area contributed by atoms with Crippen molar-refractivity contribution in [2.45, 2.75) is 13.0 Å². The van der Waals surface area contributed by atoms with Gasteiger partial charge in [0.2, 0.25) is 0 Å². The molecule has 0 spiro atoms. The third-order valence-corrected chi connectivity index (χ3v) is 3.35. The summed E-state index contributed by atoms with van der Waals surface area (Å²) < 4.78 is 10.7. The fraction of sp³-hybridized carbons (Fsp3) is 0.176. The van der Waals surface area contributed by atoms with Gasteiger partial charge >= 0.3 is 0 Å². The van der Waals surface area contributed by atoms with Crippen molar-refractivity contribution in [3.63, 3.8) is 0 Å². The van der Waals surface area contributed by atoms with Crippen LogP contribution < -0.4 is 14.8 Å². The van der Waals surface area contributed by atoms with Gasteiger partial charge in [0, 0.05) is 10.6 Å². The molecule has 0 aliphatic heterocycles. The minimum atomic E-state index is -0.735. The number of methoxy groups -OCH3 is 1. The molecule has 2 aromatic carbocycles. The number of benzene rings is 2. The summed E-state index contributed by atoms with van der Waals surface area (Å²) in [6.07, 6.45) is 0.00601. The number of hydrogen-bond donors (Lipinski definition) is 1. The van der Waals surface area contributed by atoms with E-state index in [1.54, 1.807) is 49.4 Å². The van der Waals surface area contributed by atoms with Crippen molar-refractivity contribution >= 4 is 29.5 Å². The average Bonchev–Trinajstić information content (AvgIpc) is 2.55. The summed E-state index contributed by atoms with van der Waals surface area (Å²) in [5.74, 6) is 0.659. The van der Waals surface area contributed by atoms with Gasteiger partial charge in [-0.05, 0) is 49.4 Å². The summed E-state index contributed by atoms with van der Waals surface area (Å²) in [5.41, 5.74) is 1.01. The molecule has 6 heteroatoms. The number of nitrogens with one attached hydrogen (secondary N) is 1. The van der Waals surface area contributed by atoms with Crippen LogP contribution in [-0.4, -0.2) is 25.4 Å². The SMILES string of the molecule is COc1ccc(Cl)cc1NC(=O)C(C)Oc1ccc(C=O)cc1. The predicted octanol–water partition coefficient (Wildman–Crippen LogP) is 3.57. The number of aldehydes is 1. The lowest BCUT2D eigenvalue weighted by atomic mass is 10.2. The number of carbonyl (C=O) groups excluding carboxylic acids is 2. The molecule has 0 saturated heterocycles. The topological polar surface area (TPSA) is 64.6 Å². The van der Waals surface area contributed by atoms with E-state index in [0.717, 1.165) is 6.29 Å². The number of hydrogen-bond acceptors (Lipinski definition) is 4. The minimum Gasteiger partial charge on any atom is -0.495 e. The summed E-state index contributed by atoms with van der Waals surface area (Å²) >= 11 is 5.93. The third-order valence-electron chi connectivity index (χ3n) is 3.12. The molecule has 2 aromatic rings. The van der Waals surface area contributed by atoms with Crippen LogP contribution in [0.1, 0.15) is 17.3 Å². The van der Waals surface area contributed by atoms with Gasteiger partial charge in [-0.3, -0.25) is 9.59 Å². The quantitative estimate of drug-likeness (QED) is 0.821. The van der Waals surface area contributed by atoms with Crippen LogP contribution in [-0.2, 0) is 4.79 Å². The Labute approximate surface area is 139 Å². The van der Waals surface area contributed by atoms with Gasteiger partial charge in [-0.15, -0.1) is 0 Å². The number of carbonyl (C=O) groups is 2. The van der Waals surface area contributed by atoms with Crippen molar-refractivity contribution in [1.29, 1.82) is 0 Å². The van der Waals surface area contributed by atoms with E-state index in [9.17, 15) is 9.59 Å². The first-order chi connectivity index (χ1) is 11.0. The zero-order valence-electron chi connectivity index (χ0n) is 12.7. The number of rotatable bonds is 6. The monoisotopic (exact) mass is 333 g/mol. The van der Waals surface area contributed by atoms with Crippen molar-refractivity contribution in [1.82, 2.24) is 0 Å². The molecule has 23 heavy (non-hydrogen) atoms. The van der Waals surface area contributed by atoms with E-state index in [1.807, 2.05) is 0 Å². The molecule has 120 valence electrons. The lowest BCUT2D eigenvalue weighted by molar-refractivity contribution is -0.122. The first-order valence-corrected chi connectivity index (χ1v) is 7.27. The highest BCUT2D eigenvalue weighted by Gasteiger charge is 2.17. The molecule has 0 fully saturated rings. The van der Waals surface area contributed by atoms with E-state index in [2.05, 4.69) is 5.32 Å². The van der Waals surface area contributed by atoms with E-state index >= 15 is 0 Å². The smallest absolute Gasteiger partial charge is 0.265 e. The van der Waals surface area contributed by atoms with Crippen LogP contribution in [0.3, 0.4) is 0 Å². The fourth-order valence-electron chi connectivity index (χ4n) is 1.89. The molecular weight excluding hydrogens is 318 g/mol. The Morgan fingerprint density at radius 3 is 2.52 bits per heavy atom. The van der Waals surface area contributed by atoms with E-state index in [4.69, 9.17) is 21.1 Å². The van der Waals surface area contributed by atoms with Gasteiger partial charge in [0.15, 0.2) is 6.10 Å². The van der Waals surface area contributed by atoms with Crippen molar-refractivity contribution in [3.8, 4) is 11.5 Å². The van der Waals surface area contributed by atoms with E-state index in [-0.39, 0.29) is 5.91 Å². The summed E-state index contributed by atoms with van der Waals surface area (Å²) in [6.45, 7) is 1.62. The van der Waals surface area contributed by atoms with E-state index in [0.29, 0.717) is 27.8 Å². The highest BCUT2D eigenvalue weighted by molar-refractivity contribution is 6.31. The predicted molar refractivity (Wildman–Crippen MR) is 88.6 cm³/mol. The van der Waals surface area contributed by atoms with Gasteiger partial charge in [0.1, 0.15) is 17.8 Å². The van der Waals surface area contributed by atoms with Crippen molar-refractivity contribution in [2.75, 3.05) is 12.4 Å². The standard InChI is InChI=1S/C17H16ClNO4/c1-11(23-14-6-3-12(10-20)4-7-14)17(21)19-15-9-13(18)5-8-16(15)22-2/h3-11H,1-2H3,(H,19,21). The second-order valence-corrected chi connectivity index (χ2v) is 5.22. The number of amides is 1. The molecular formula is C17H16ClNO4. The maximum Gasteiger partial charge on any atom is 0.265 e. The summed E-state index contributed by atoms with van der Waals surface area (Å²) in [4.78, 5) is 22.8. The highest BCUT2D eigenvalue weighted by atomic mass is 35.5. The van der Waals surface area contributed by atoms with Crippen LogP contribution in [0.15, 0.2) is 42.5 Å². The number of anilines is 1. The molecule has 0 aliphatic carbocycles. The maximum absolute atomic E-state index is 12.2. The molecule has 2 rings (SSSR count). The Hall–Kier alpha value is -2.53. The van der Waals surface area contributed by atoms with Gasteiger partial charge in [-0.25, -0.2) is 0 Å². The molecule has 1 unspecified atom stereocenters. The molecule has 1 N–H and O–H groups in total. The summed E-state index contributed by atoms with van der Waals surface area (Å²) in [7, 11) is 1.51. The van der Waals surface area contributed by atoms with Crippen molar-refractivity contribution in [3.05, 3.63) is 53.1 Å². The molecule has 0 aliphatic rings. The molecule has 0 bridgehead atoms. The normalized spacial score (nSPS) is 11.4. The van der Waals surface area contributed by atoms with Crippen LogP contribution >= 0.6 is 11.6 Å². The zero-order chi connectivity index (χ0) is 16.8. The third kappa shape index (κ3) is 4.47. The molecule has 0 radical (unpaired) electrons. The zero-order valence-corrected chi connectivity index (χ0v) is 13.5. The van der Waals surface area contributed by atoms with E-state index < -0.39 is 6.10 Å². The average molecular weight is 334 g/mol. The van der Waals surface area contributed by atoms with Crippen LogP contribution in [0, 0.1) is 0 Å². The molecule has 0 aromatic heterocycles. The largest absolute Gasteiger partial charge is 0.495 e. The van der Waals surface area contributed by atoms with Crippen LogP contribution in [0.4, 0.5) is 5.69 Å². The molecule has 1 atom stereocenters. The Balaban J connectivity index is 2.04. The lowest BCUT2D eigenvalue weighted by Gasteiger charge is -2.16. The Kier molecular flexibility index (Phi) is 5.60. The minimum absolute atomic E-state index is 0.343. The van der Waals surface area contributed by atoms with Crippen molar-refractivity contribution in [2.24, 2.45) is 0 Å². The molecule has 0 saturated carbocycles. The number of halogens is 1. The Bertz CT molecular complexity index is 700. The van der Waals surface area contributed by atoms with E-state index in [1.165, 1.54) is 7.11 Å². The second kappa shape index (κ2) is 7.65. The maximum atomic E-state index is 12.2. The molecule has 5 nitrogen and oxygen atoms in total. The van der Waals surface area contributed by atoms with Gasteiger partial charge in [0.25, 0.3) is 5.91 Å². The van der Waals surface area contributed by atoms with Crippen LogP contribution in [0.2, 0.25) is 5.02 Å². The Morgan fingerprint density at radius 1 is 1.22 bits per heavy atom.